The normalized spacial score (nSPS) is 11.8. The number of carbonyl (C=O) groups is 2. The molecule has 6 nitrogen and oxygen atoms in total. The van der Waals surface area contributed by atoms with E-state index in [2.05, 4.69) is 10.5 Å². The third-order valence-corrected chi connectivity index (χ3v) is 4.31. The maximum absolute atomic E-state index is 12.4. The number of aromatic carboxylic acids is 1. The molecule has 0 saturated carbocycles. The molecule has 1 aromatic heterocycles. The van der Waals surface area contributed by atoms with Crippen LogP contribution in [0.2, 0.25) is 5.02 Å². The van der Waals surface area contributed by atoms with Crippen LogP contribution in [0.15, 0.2) is 59.1 Å². The first-order valence-electron chi connectivity index (χ1n) is 8.28. The average Bonchev–Trinajstić information content (AvgIpc) is 3.08. The highest BCUT2D eigenvalue weighted by Gasteiger charge is 2.27. The first-order valence-corrected chi connectivity index (χ1v) is 8.65. The van der Waals surface area contributed by atoms with Crippen molar-refractivity contribution in [1.29, 1.82) is 0 Å². The highest BCUT2D eigenvalue weighted by molar-refractivity contribution is 6.30. The molecule has 3 rings (SSSR count). The van der Waals surface area contributed by atoms with E-state index in [1.165, 1.54) is 0 Å². The van der Waals surface area contributed by atoms with Crippen molar-refractivity contribution in [1.82, 2.24) is 10.5 Å². The number of rotatable bonds is 6. The molecular weight excluding hydrogens is 368 g/mol. The summed E-state index contributed by atoms with van der Waals surface area (Å²) in [6.45, 7) is 1.70. The van der Waals surface area contributed by atoms with Crippen LogP contribution in [0.3, 0.4) is 0 Å². The minimum absolute atomic E-state index is 0.190. The first kappa shape index (κ1) is 18.7. The van der Waals surface area contributed by atoms with E-state index in [1.54, 1.807) is 31.2 Å². The lowest BCUT2D eigenvalue weighted by Gasteiger charge is -2.14. The van der Waals surface area contributed by atoms with E-state index in [-0.39, 0.29) is 18.1 Å². The van der Waals surface area contributed by atoms with E-state index in [1.807, 2.05) is 30.3 Å². The lowest BCUT2D eigenvalue weighted by atomic mass is 10.00. The molecule has 0 aliphatic heterocycles. The molecule has 2 aromatic carbocycles. The molecule has 138 valence electrons. The fourth-order valence-electron chi connectivity index (χ4n) is 2.82. The number of aromatic nitrogens is 1. The quantitative estimate of drug-likeness (QED) is 0.667. The zero-order valence-electron chi connectivity index (χ0n) is 14.5. The van der Waals surface area contributed by atoms with Crippen molar-refractivity contribution in [2.75, 3.05) is 0 Å². The Morgan fingerprint density at radius 2 is 1.81 bits per heavy atom. The Balaban J connectivity index is 1.87. The second-order valence-electron chi connectivity index (χ2n) is 6.04. The summed E-state index contributed by atoms with van der Waals surface area (Å²) in [7, 11) is 0. The number of carboxylic acid groups (broad SMARTS) is 1. The smallest absolute Gasteiger partial charge is 0.375 e. The number of amides is 1. The molecule has 1 heterocycles. The van der Waals surface area contributed by atoms with Crippen molar-refractivity contribution in [2.45, 2.75) is 19.4 Å². The molecule has 0 aliphatic rings. The van der Waals surface area contributed by atoms with Crippen LogP contribution in [0.1, 0.15) is 34.6 Å². The number of carbonyl (C=O) groups excluding carboxylic acids is 1. The summed E-state index contributed by atoms with van der Waals surface area (Å²) in [6, 6.07) is 15.5. The van der Waals surface area contributed by atoms with Crippen molar-refractivity contribution >= 4 is 23.5 Å². The largest absolute Gasteiger partial charge is 0.475 e. The molecule has 0 radical (unpaired) electrons. The van der Waals surface area contributed by atoms with Crippen LogP contribution in [0.25, 0.3) is 11.3 Å². The molecule has 0 spiro atoms. The molecule has 27 heavy (non-hydrogen) atoms. The molecule has 0 unspecified atom stereocenters. The number of hydrogen-bond donors (Lipinski definition) is 2. The fraction of sp³-hybridized carbons (Fsp3) is 0.150. The van der Waals surface area contributed by atoms with Gasteiger partial charge in [0.25, 0.3) is 0 Å². The summed E-state index contributed by atoms with van der Waals surface area (Å²) >= 11 is 5.91. The van der Waals surface area contributed by atoms with Gasteiger partial charge in [0.15, 0.2) is 0 Å². The maximum atomic E-state index is 12.4. The van der Waals surface area contributed by atoms with Crippen molar-refractivity contribution in [3.05, 3.63) is 76.5 Å². The van der Waals surface area contributed by atoms with Gasteiger partial charge in [-0.05, 0) is 24.6 Å². The second-order valence-corrected chi connectivity index (χ2v) is 6.47. The molecule has 7 heteroatoms. The second kappa shape index (κ2) is 8.05. The van der Waals surface area contributed by atoms with Crippen molar-refractivity contribution in [3.8, 4) is 11.3 Å². The molecule has 0 bridgehead atoms. The zero-order valence-corrected chi connectivity index (χ0v) is 15.2. The number of nitrogens with zero attached hydrogens (tertiary/aromatic N) is 1. The Bertz CT molecular complexity index is 952. The van der Waals surface area contributed by atoms with E-state index in [0.29, 0.717) is 21.8 Å². The predicted octanol–water partition coefficient (Wildman–Crippen LogP) is 4.11. The third kappa shape index (κ3) is 4.35. The Kier molecular flexibility index (Phi) is 5.57. The molecule has 3 aromatic rings. The van der Waals surface area contributed by atoms with Gasteiger partial charge in [-0.15, -0.1) is 0 Å². The summed E-state index contributed by atoms with van der Waals surface area (Å²) in [5, 5.41) is 16.7. The summed E-state index contributed by atoms with van der Waals surface area (Å²) < 4.78 is 5.03. The van der Waals surface area contributed by atoms with E-state index in [4.69, 9.17) is 16.1 Å². The van der Waals surface area contributed by atoms with Crippen LogP contribution in [0.4, 0.5) is 0 Å². The van der Waals surface area contributed by atoms with E-state index >= 15 is 0 Å². The minimum Gasteiger partial charge on any atom is -0.475 e. The van der Waals surface area contributed by atoms with Crippen LogP contribution in [-0.4, -0.2) is 22.1 Å². The van der Waals surface area contributed by atoms with Gasteiger partial charge in [-0.3, -0.25) is 4.79 Å². The summed E-state index contributed by atoms with van der Waals surface area (Å²) in [4.78, 5) is 23.9. The van der Waals surface area contributed by atoms with Gasteiger partial charge in [0.05, 0.1) is 18.0 Å². The Morgan fingerprint density at radius 1 is 1.15 bits per heavy atom. The third-order valence-electron chi connectivity index (χ3n) is 4.06. The van der Waals surface area contributed by atoms with Crippen LogP contribution >= 0.6 is 11.6 Å². The van der Waals surface area contributed by atoms with Gasteiger partial charge >= 0.3 is 5.97 Å². The van der Waals surface area contributed by atoms with Crippen LogP contribution in [-0.2, 0) is 11.2 Å². The number of carboxylic acids is 1. The monoisotopic (exact) mass is 384 g/mol. The van der Waals surface area contributed by atoms with E-state index in [9.17, 15) is 14.7 Å². The van der Waals surface area contributed by atoms with Crippen molar-refractivity contribution in [2.24, 2.45) is 0 Å². The van der Waals surface area contributed by atoms with Crippen LogP contribution in [0.5, 0.6) is 0 Å². The molecule has 0 fully saturated rings. The number of halogens is 1. The fourth-order valence-corrected chi connectivity index (χ4v) is 2.94. The molecular formula is C20H17ClN2O4. The Morgan fingerprint density at radius 3 is 2.44 bits per heavy atom. The van der Waals surface area contributed by atoms with Gasteiger partial charge in [0.2, 0.25) is 11.7 Å². The van der Waals surface area contributed by atoms with E-state index in [0.717, 1.165) is 5.56 Å². The lowest BCUT2D eigenvalue weighted by Crippen LogP contribution is -2.29. The van der Waals surface area contributed by atoms with E-state index < -0.39 is 12.0 Å². The Labute approximate surface area is 160 Å². The molecule has 0 saturated heterocycles. The van der Waals surface area contributed by atoms with Gasteiger partial charge < -0.3 is 14.9 Å². The average molecular weight is 385 g/mol. The number of hydrogen-bond acceptors (Lipinski definition) is 4. The van der Waals surface area contributed by atoms with Gasteiger partial charge in [0, 0.05) is 10.6 Å². The van der Waals surface area contributed by atoms with Gasteiger partial charge in [-0.2, -0.15) is 0 Å². The van der Waals surface area contributed by atoms with Gasteiger partial charge in [-0.25, -0.2) is 4.79 Å². The van der Waals surface area contributed by atoms with Crippen molar-refractivity contribution in [3.63, 3.8) is 0 Å². The molecule has 1 amide bonds. The SMILES string of the molecule is C[C@@H](NC(=O)Cc1ccccc1)c1c(-c2ccc(Cl)cc2)noc1C(=O)O. The van der Waals surface area contributed by atoms with Crippen LogP contribution < -0.4 is 5.32 Å². The standard InChI is InChI=1S/C20H17ClN2O4/c1-12(22-16(24)11-13-5-3-2-4-6-13)17-18(23-27-19(17)20(25)26)14-7-9-15(21)10-8-14/h2-10,12H,11H2,1H3,(H,22,24)(H,25,26)/t12-/m1/s1. The van der Waals surface area contributed by atoms with Crippen molar-refractivity contribution < 1.29 is 19.2 Å². The maximum Gasteiger partial charge on any atom is 0.375 e. The predicted molar refractivity (Wildman–Crippen MR) is 101 cm³/mol. The highest BCUT2D eigenvalue weighted by Crippen LogP contribution is 2.31. The summed E-state index contributed by atoms with van der Waals surface area (Å²) in [5.41, 5.74) is 2.18. The topological polar surface area (TPSA) is 92.4 Å². The van der Waals surface area contributed by atoms with Gasteiger partial charge in [-0.1, -0.05) is 59.2 Å². The van der Waals surface area contributed by atoms with Gasteiger partial charge in [0.1, 0.15) is 5.69 Å². The molecule has 2 N–H and O–H groups in total. The zero-order chi connectivity index (χ0) is 19.4. The summed E-state index contributed by atoms with van der Waals surface area (Å²) in [6.07, 6.45) is 0.190. The summed E-state index contributed by atoms with van der Waals surface area (Å²) in [5.74, 6) is -1.78. The number of nitrogens with one attached hydrogen (secondary N) is 1. The Hall–Kier alpha value is -3.12. The molecule has 0 aliphatic carbocycles. The first-order chi connectivity index (χ1) is 13.0. The minimum atomic E-state index is -1.25. The van der Waals surface area contributed by atoms with Crippen LogP contribution in [0, 0.1) is 0 Å². The highest BCUT2D eigenvalue weighted by atomic mass is 35.5. The molecule has 1 atom stereocenters. The lowest BCUT2D eigenvalue weighted by molar-refractivity contribution is -0.121. The number of benzene rings is 2.